The Morgan fingerprint density at radius 3 is 2.38 bits per heavy atom. The molecule has 0 fully saturated rings. The third-order valence-corrected chi connectivity index (χ3v) is 4.93. The number of hydrogen-bond donors (Lipinski definition) is 2. The third kappa shape index (κ3) is 4.32. The fraction of sp³-hybridized carbons (Fsp3) is 0.143. The Kier molecular flexibility index (Phi) is 5.43. The Morgan fingerprint density at radius 1 is 1.10 bits per heavy atom. The number of para-hydroxylation sites is 1. The molecule has 112 valence electrons. The third-order valence-electron chi connectivity index (χ3n) is 2.61. The zero-order valence-corrected chi connectivity index (χ0v) is 14.0. The van der Waals surface area contributed by atoms with Gasteiger partial charge in [0.1, 0.15) is 12.4 Å². The summed E-state index contributed by atoms with van der Waals surface area (Å²) in [6.07, 6.45) is 0. The number of hydrogen-bond acceptors (Lipinski definition) is 4. The van der Waals surface area contributed by atoms with Crippen molar-refractivity contribution in [3.63, 3.8) is 0 Å². The van der Waals surface area contributed by atoms with E-state index >= 15 is 0 Å². The predicted octanol–water partition coefficient (Wildman–Crippen LogP) is 2.46. The van der Waals surface area contributed by atoms with E-state index in [1.165, 1.54) is 12.1 Å². The Morgan fingerprint density at radius 2 is 1.76 bits per heavy atom. The summed E-state index contributed by atoms with van der Waals surface area (Å²) in [4.78, 5) is 0.151. The summed E-state index contributed by atoms with van der Waals surface area (Å²) in [5, 5.41) is 8.67. The highest BCUT2D eigenvalue weighted by Gasteiger charge is 2.15. The maximum Gasteiger partial charge on any atom is 0.261 e. The van der Waals surface area contributed by atoms with Gasteiger partial charge in [0.15, 0.2) is 0 Å². The van der Waals surface area contributed by atoms with E-state index < -0.39 is 10.0 Å². The second kappa shape index (κ2) is 7.10. The second-order valence-electron chi connectivity index (χ2n) is 4.13. The molecular formula is C14H14INO4S. The van der Waals surface area contributed by atoms with Crippen molar-refractivity contribution in [2.75, 3.05) is 17.9 Å². The topological polar surface area (TPSA) is 75.6 Å². The summed E-state index contributed by atoms with van der Waals surface area (Å²) in [6, 6.07) is 13.2. The molecule has 0 saturated carbocycles. The van der Waals surface area contributed by atoms with Crippen molar-refractivity contribution in [1.82, 2.24) is 0 Å². The van der Waals surface area contributed by atoms with Crippen molar-refractivity contribution < 1.29 is 18.3 Å². The molecule has 0 unspecified atom stereocenters. The number of nitrogens with one attached hydrogen (secondary N) is 1. The molecule has 0 radical (unpaired) electrons. The molecule has 0 atom stereocenters. The van der Waals surface area contributed by atoms with Crippen molar-refractivity contribution >= 4 is 38.3 Å². The summed E-state index contributed by atoms with van der Waals surface area (Å²) in [5.74, 6) is 0.511. The van der Waals surface area contributed by atoms with Gasteiger partial charge >= 0.3 is 0 Å². The molecule has 2 aromatic rings. The molecule has 0 aliphatic rings. The van der Waals surface area contributed by atoms with Crippen LogP contribution >= 0.6 is 22.6 Å². The summed E-state index contributed by atoms with van der Waals surface area (Å²) >= 11 is 2.07. The van der Waals surface area contributed by atoms with Gasteiger partial charge in [0.2, 0.25) is 0 Å². The van der Waals surface area contributed by atoms with E-state index in [0.29, 0.717) is 11.4 Å². The zero-order chi connectivity index (χ0) is 15.3. The number of sulfonamides is 1. The molecule has 5 nitrogen and oxygen atoms in total. The SMILES string of the molecule is O=S(=O)(Nc1ccccc1I)c1ccc(OCCO)cc1. The Bertz CT molecular complexity index is 701. The van der Waals surface area contributed by atoms with E-state index in [-0.39, 0.29) is 18.1 Å². The minimum absolute atomic E-state index is 0.0892. The lowest BCUT2D eigenvalue weighted by molar-refractivity contribution is 0.201. The first kappa shape index (κ1) is 16.1. The molecule has 2 aromatic carbocycles. The number of halogens is 1. The van der Waals surface area contributed by atoms with Crippen LogP contribution in [0.1, 0.15) is 0 Å². The highest BCUT2D eigenvalue weighted by Crippen LogP contribution is 2.22. The maximum atomic E-state index is 12.3. The van der Waals surface area contributed by atoms with Gasteiger partial charge in [-0.3, -0.25) is 4.72 Å². The van der Waals surface area contributed by atoms with Crippen LogP contribution in [0.4, 0.5) is 5.69 Å². The van der Waals surface area contributed by atoms with Crippen LogP contribution in [0.25, 0.3) is 0 Å². The summed E-state index contributed by atoms with van der Waals surface area (Å²) in [7, 11) is -3.63. The lowest BCUT2D eigenvalue weighted by Crippen LogP contribution is -2.13. The molecule has 0 aromatic heterocycles. The van der Waals surface area contributed by atoms with E-state index in [4.69, 9.17) is 9.84 Å². The minimum Gasteiger partial charge on any atom is -0.491 e. The van der Waals surface area contributed by atoms with Crippen molar-refractivity contribution in [1.29, 1.82) is 0 Å². The van der Waals surface area contributed by atoms with Gasteiger partial charge in [-0.05, 0) is 59.0 Å². The lowest BCUT2D eigenvalue weighted by Gasteiger charge is -2.10. The average molecular weight is 419 g/mol. The smallest absolute Gasteiger partial charge is 0.261 e. The number of rotatable bonds is 6. The first-order valence-electron chi connectivity index (χ1n) is 6.14. The molecule has 2 N–H and O–H groups in total. The molecule has 0 aliphatic carbocycles. The number of aliphatic hydroxyl groups is 1. The molecular weight excluding hydrogens is 405 g/mol. The number of ether oxygens (including phenoxy) is 1. The molecule has 0 saturated heterocycles. The van der Waals surface area contributed by atoms with Gasteiger partial charge < -0.3 is 9.84 Å². The maximum absolute atomic E-state index is 12.3. The largest absolute Gasteiger partial charge is 0.491 e. The van der Waals surface area contributed by atoms with Gasteiger partial charge in [0.25, 0.3) is 10.0 Å². The summed E-state index contributed by atoms with van der Waals surface area (Å²) < 4.78 is 33.1. The van der Waals surface area contributed by atoms with Crippen LogP contribution in [-0.2, 0) is 10.0 Å². The van der Waals surface area contributed by atoms with Gasteiger partial charge in [-0.2, -0.15) is 0 Å². The number of benzene rings is 2. The van der Waals surface area contributed by atoms with E-state index in [9.17, 15) is 8.42 Å². The second-order valence-corrected chi connectivity index (χ2v) is 6.97. The standard InChI is InChI=1S/C14H14INO4S/c15-13-3-1-2-4-14(13)16-21(18,19)12-7-5-11(6-8-12)20-10-9-17/h1-8,16-17H,9-10H2. The minimum atomic E-state index is -3.63. The Hall–Kier alpha value is -1.32. The van der Waals surface area contributed by atoms with Gasteiger partial charge in [0.05, 0.1) is 17.2 Å². The van der Waals surface area contributed by atoms with E-state index in [2.05, 4.69) is 27.3 Å². The Labute approximate surface area is 137 Å². The molecule has 0 heterocycles. The normalized spacial score (nSPS) is 11.1. The van der Waals surface area contributed by atoms with Crippen molar-refractivity contribution in [2.45, 2.75) is 4.90 Å². The van der Waals surface area contributed by atoms with Crippen LogP contribution in [0.2, 0.25) is 0 Å². The van der Waals surface area contributed by atoms with Crippen LogP contribution in [0.5, 0.6) is 5.75 Å². The fourth-order valence-electron chi connectivity index (χ4n) is 1.63. The first-order chi connectivity index (χ1) is 10.0. The van der Waals surface area contributed by atoms with Crippen molar-refractivity contribution in [3.8, 4) is 5.75 Å². The number of aliphatic hydroxyl groups excluding tert-OH is 1. The molecule has 2 rings (SSSR count). The molecule has 0 aliphatic heterocycles. The van der Waals surface area contributed by atoms with Crippen LogP contribution in [0, 0.1) is 3.57 Å². The van der Waals surface area contributed by atoms with Gasteiger partial charge in [-0.1, -0.05) is 12.1 Å². The number of anilines is 1. The predicted molar refractivity (Wildman–Crippen MR) is 89.0 cm³/mol. The van der Waals surface area contributed by atoms with E-state index in [1.54, 1.807) is 24.3 Å². The first-order valence-corrected chi connectivity index (χ1v) is 8.70. The quantitative estimate of drug-likeness (QED) is 0.706. The van der Waals surface area contributed by atoms with Crippen molar-refractivity contribution in [2.24, 2.45) is 0 Å². The van der Waals surface area contributed by atoms with E-state index in [1.807, 2.05) is 12.1 Å². The van der Waals surface area contributed by atoms with Crippen molar-refractivity contribution in [3.05, 3.63) is 52.1 Å². The average Bonchev–Trinajstić information content (AvgIpc) is 2.48. The fourth-order valence-corrected chi connectivity index (χ4v) is 3.41. The molecule has 0 spiro atoms. The van der Waals surface area contributed by atoms with Crippen LogP contribution in [-0.4, -0.2) is 26.7 Å². The summed E-state index contributed by atoms with van der Waals surface area (Å²) in [5.41, 5.74) is 0.540. The molecule has 0 bridgehead atoms. The molecule has 0 amide bonds. The lowest BCUT2D eigenvalue weighted by atomic mass is 10.3. The zero-order valence-electron chi connectivity index (χ0n) is 11.0. The highest BCUT2D eigenvalue weighted by molar-refractivity contribution is 14.1. The molecule has 7 heteroatoms. The van der Waals surface area contributed by atoms with Gasteiger partial charge in [0, 0.05) is 3.57 Å². The Balaban J connectivity index is 2.18. The highest BCUT2D eigenvalue weighted by atomic mass is 127. The van der Waals surface area contributed by atoms with E-state index in [0.717, 1.165) is 3.57 Å². The molecule has 21 heavy (non-hydrogen) atoms. The van der Waals surface area contributed by atoms with Crippen LogP contribution < -0.4 is 9.46 Å². The monoisotopic (exact) mass is 419 g/mol. The van der Waals surface area contributed by atoms with Gasteiger partial charge in [-0.15, -0.1) is 0 Å². The summed E-state index contributed by atoms with van der Waals surface area (Å²) in [6.45, 7) is 0.0839. The van der Waals surface area contributed by atoms with Crippen LogP contribution in [0.15, 0.2) is 53.4 Å². The van der Waals surface area contributed by atoms with Gasteiger partial charge in [-0.25, -0.2) is 8.42 Å². The van der Waals surface area contributed by atoms with Crippen LogP contribution in [0.3, 0.4) is 0 Å².